The van der Waals surface area contributed by atoms with Crippen LogP contribution in [-0.2, 0) is 9.47 Å². The summed E-state index contributed by atoms with van der Waals surface area (Å²) >= 11 is 0. The number of aryl methyl sites for hydroxylation is 1. The average molecular weight is 463 g/mol. The molecule has 2 aliphatic carbocycles. The summed E-state index contributed by atoms with van der Waals surface area (Å²) in [7, 11) is 1.83. The molecule has 0 heterocycles. The highest BCUT2D eigenvalue weighted by Crippen LogP contribution is 2.43. The fourth-order valence-electron chi connectivity index (χ4n) is 5.99. The molecule has 0 spiro atoms. The van der Waals surface area contributed by atoms with E-state index in [0.717, 1.165) is 38.0 Å². The van der Waals surface area contributed by atoms with Gasteiger partial charge in [0.1, 0.15) is 5.75 Å². The Morgan fingerprint density at radius 3 is 2.38 bits per heavy atom. The van der Waals surface area contributed by atoms with Crippen LogP contribution in [0.4, 0.5) is 0 Å². The molecule has 2 fully saturated rings. The van der Waals surface area contributed by atoms with E-state index in [1.807, 2.05) is 13.2 Å². The van der Waals surface area contributed by atoms with Gasteiger partial charge in [-0.1, -0.05) is 54.1 Å². The van der Waals surface area contributed by atoms with Gasteiger partial charge in [0.05, 0.1) is 25.4 Å². The molecule has 184 valence electrons. The molecule has 3 unspecified atom stereocenters. The highest BCUT2D eigenvalue weighted by atomic mass is 16.5. The summed E-state index contributed by atoms with van der Waals surface area (Å²) in [6.07, 6.45) is 11.4. The fourth-order valence-corrected chi connectivity index (χ4v) is 5.99. The Kier molecular flexibility index (Phi) is 9.24. The minimum Gasteiger partial charge on any atom is -0.490 e. The van der Waals surface area contributed by atoms with Crippen LogP contribution < -0.4 is 4.74 Å². The van der Waals surface area contributed by atoms with E-state index in [-0.39, 0.29) is 12.2 Å². The predicted molar refractivity (Wildman–Crippen MR) is 140 cm³/mol. The normalized spacial score (nSPS) is 27.6. The number of hydrogen-bond acceptors (Lipinski definition) is 3. The molecule has 2 aromatic rings. The second-order valence-corrected chi connectivity index (χ2v) is 10.3. The molecule has 0 bridgehead atoms. The van der Waals surface area contributed by atoms with Crippen LogP contribution in [0.25, 0.3) is 0 Å². The van der Waals surface area contributed by atoms with Gasteiger partial charge in [0.15, 0.2) is 0 Å². The van der Waals surface area contributed by atoms with Crippen molar-refractivity contribution in [3.63, 3.8) is 0 Å². The van der Waals surface area contributed by atoms with E-state index in [0.29, 0.717) is 24.4 Å². The Morgan fingerprint density at radius 1 is 0.882 bits per heavy atom. The quantitative estimate of drug-likeness (QED) is 0.218. The number of rotatable bonds is 9. The number of ether oxygens (including phenoxy) is 3. The topological polar surface area (TPSA) is 27.7 Å². The SMILES string of the molecule is C=CCOCC1CC(OC)CCC(Oc2ccccc2C2CCC(c3cccc(C)c3)CC2)C1. The molecule has 34 heavy (non-hydrogen) atoms. The van der Waals surface area contributed by atoms with Gasteiger partial charge in [-0.05, 0) is 93.2 Å². The Bertz CT molecular complexity index is 899. The summed E-state index contributed by atoms with van der Waals surface area (Å²) in [6.45, 7) is 7.32. The van der Waals surface area contributed by atoms with E-state index >= 15 is 0 Å². The van der Waals surface area contributed by atoms with Crippen LogP contribution in [0.5, 0.6) is 5.75 Å². The van der Waals surface area contributed by atoms with Crippen LogP contribution in [0.15, 0.2) is 61.2 Å². The lowest BCUT2D eigenvalue weighted by atomic mass is 9.76. The zero-order valence-electron chi connectivity index (χ0n) is 21.1. The fraction of sp³-hybridized carbons (Fsp3) is 0.548. The van der Waals surface area contributed by atoms with E-state index in [1.165, 1.54) is 42.4 Å². The lowest BCUT2D eigenvalue weighted by molar-refractivity contribution is 0.0528. The van der Waals surface area contributed by atoms with Gasteiger partial charge in [-0.3, -0.25) is 0 Å². The molecule has 2 saturated carbocycles. The van der Waals surface area contributed by atoms with Crippen molar-refractivity contribution >= 4 is 0 Å². The summed E-state index contributed by atoms with van der Waals surface area (Å²) < 4.78 is 18.3. The molecule has 4 rings (SSSR count). The molecule has 2 aliphatic rings. The molecular formula is C31H42O3. The first kappa shape index (κ1) is 25.0. The van der Waals surface area contributed by atoms with Crippen molar-refractivity contribution in [2.75, 3.05) is 20.3 Å². The minimum atomic E-state index is 0.210. The Morgan fingerprint density at radius 2 is 1.62 bits per heavy atom. The summed E-state index contributed by atoms with van der Waals surface area (Å²) in [5.41, 5.74) is 4.28. The molecule has 0 amide bonds. The average Bonchev–Trinajstić information content (AvgIpc) is 3.06. The van der Waals surface area contributed by atoms with Crippen molar-refractivity contribution in [2.45, 2.75) is 82.3 Å². The van der Waals surface area contributed by atoms with Crippen LogP contribution >= 0.6 is 0 Å². The maximum Gasteiger partial charge on any atom is 0.123 e. The number of para-hydroxylation sites is 1. The Balaban J connectivity index is 1.40. The van der Waals surface area contributed by atoms with Crippen LogP contribution in [-0.4, -0.2) is 32.5 Å². The second-order valence-electron chi connectivity index (χ2n) is 10.3. The molecule has 3 nitrogen and oxygen atoms in total. The third-order valence-corrected chi connectivity index (χ3v) is 7.82. The highest BCUT2D eigenvalue weighted by Gasteiger charge is 2.29. The van der Waals surface area contributed by atoms with Gasteiger partial charge in [-0.2, -0.15) is 0 Å². The third-order valence-electron chi connectivity index (χ3n) is 7.82. The number of methoxy groups -OCH3 is 1. The second kappa shape index (κ2) is 12.6. The van der Waals surface area contributed by atoms with Crippen LogP contribution in [0, 0.1) is 12.8 Å². The van der Waals surface area contributed by atoms with Gasteiger partial charge >= 0.3 is 0 Å². The summed E-state index contributed by atoms with van der Waals surface area (Å²) in [6, 6.07) is 17.9. The van der Waals surface area contributed by atoms with Gasteiger partial charge in [0.25, 0.3) is 0 Å². The molecule has 0 saturated heterocycles. The zero-order valence-corrected chi connectivity index (χ0v) is 21.1. The third kappa shape index (κ3) is 6.73. The largest absolute Gasteiger partial charge is 0.490 e. The first-order valence-electron chi connectivity index (χ1n) is 13.2. The van der Waals surface area contributed by atoms with E-state index in [9.17, 15) is 0 Å². The molecule has 0 radical (unpaired) electrons. The van der Waals surface area contributed by atoms with E-state index in [4.69, 9.17) is 14.2 Å². The molecule has 3 atom stereocenters. The molecular weight excluding hydrogens is 420 g/mol. The molecule has 0 N–H and O–H groups in total. The van der Waals surface area contributed by atoms with E-state index in [1.54, 1.807) is 0 Å². The maximum atomic E-state index is 6.74. The lowest BCUT2D eigenvalue weighted by Gasteiger charge is -2.31. The first-order valence-corrected chi connectivity index (χ1v) is 13.2. The van der Waals surface area contributed by atoms with Crippen molar-refractivity contribution in [1.82, 2.24) is 0 Å². The van der Waals surface area contributed by atoms with Crippen molar-refractivity contribution in [2.24, 2.45) is 5.92 Å². The van der Waals surface area contributed by atoms with Crippen molar-refractivity contribution in [3.05, 3.63) is 77.9 Å². The highest BCUT2D eigenvalue weighted by molar-refractivity contribution is 5.37. The summed E-state index contributed by atoms with van der Waals surface area (Å²) in [5.74, 6) is 2.82. The van der Waals surface area contributed by atoms with Crippen molar-refractivity contribution in [3.8, 4) is 5.75 Å². The Labute approximate surface area is 206 Å². The maximum absolute atomic E-state index is 6.74. The van der Waals surface area contributed by atoms with Gasteiger partial charge in [0, 0.05) is 7.11 Å². The van der Waals surface area contributed by atoms with Crippen molar-refractivity contribution < 1.29 is 14.2 Å². The van der Waals surface area contributed by atoms with Gasteiger partial charge in [-0.15, -0.1) is 6.58 Å². The van der Waals surface area contributed by atoms with E-state index in [2.05, 4.69) is 62.0 Å². The summed E-state index contributed by atoms with van der Waals surface area (Å²) in [5, 5.41) is 0. The monoisotopic (exact) mass is 462 g/mol. The molecule has 3 heteroatoms. The smallest absolute Gasteiger partial charge is 0.123 e. The standard InChI is InChI=1S/C31H42O3/c1-4-18-33-22-24-20-28(32-3)16-17-29(21-24)34-31-11-6-5-10-30(31)26-14-12-25(13-15-26)27-9-7-8-23(2)19-27/h4-11,19,24-26,28-29H,1,12-18,20-22H2,2-3H3. The lowest BCUT2D eigenvalue weighted by Crippen LogP contribution is -2.23. The minimum absolute atomic E-state index is 0.210. The zero-order chi connectivity index (χ0) is 23.8. The van der Waals surface area contributed by atoms with Gasteiger partial charge in [0.2, 0.25) is 0 Å². The van der Waals surface area contributed by atoms with Gasteiger partial charge in [-0.25, -0.2) is 0 Å². The Hall–Kier alpha value is -2.10. The molecule has 2 aromatic carbocycles. The van der Waals surface area contributed by atoms with E-state index < -0.39 is 0 Å². The number of benzene rings is 2. The van der Waals surface area contributed by atoms with Crippen molar-refractivity contribution in [1.29, 1.82) is 0 Å². The molecule has 0 aliphatic heterocycles. The predicted octanol–water partition coefficient (Wildman–Crippen LogP) is 7.59. The van der Waals surface area contributed by atoms with Gasteiger partial charge < -0.3 is 14.2 Å². The summed E-state index contributed by atoms with van der Waals surface area (Å²) in [4.78, 5) is 0. The number of hydrogen-bond donors (Lipinski definition) is 0. The van der Waals surface area contributed by atoms with Crippen LogP contribution in [0.3, 0.4) is 0 Å². The van der Waals surface area contributed by atoms with Crippen LogP contribution in [0.1, 0.15) is 79.9 Å². The molecule has 0 aromatic heterocycles. The van der Waals surface area contributed by atoms with Crippen LogP contribution in [0.2, 0.25) is 0 Å². The first-order chi connectivity index (χ1) is 16.7.